The van der Waals surface area contributed by atoms with Crippen LogP contribution in [-0.2, 0) is 24.3 Å². The first-order valence-electron chi connectivity index (χ1n) is 9.45. The van der Waals surface area contributed by atoms with Crippen LogP contribution < -0.4 is 0 Å². The van der Waals surface area contributed by atoms with Crippen LogP contribution in [0, 0.1) is 11.8 Å². The van der Waals surface area contributed by atoms with E-state index in [1.165, 1.54) is 23.5 Å². The van der Waals surface area contributed by atoms with Crippen LogP contribution in [0.5, 0.6) is 0 Å². The highest BCUT2D eigenvalue weighted by atomic mass is 35.5. The number of benzene rings is 1. The summed E-state index contributed by atoms with van der Waals surface area (Å²) >= 11 is 5.85. The van der Waals surface area contributed by atoms with Gasteiger partial charge in [-0.2, -0.15) is 4.31 Å². The Hall–Kier alpha value is -1.64. The molecule has 154 valence electrons. The second kappa shape index (κ2) is 8.80. The number of piperidine rings is 2. The number of hydrogen-bond donors (Lipinski definition) is 0. The third-order valence-electron chi connectivity index (χ3n) is 5.53. The van der Waals surface area contributed by atoms with Gasteiger partial charge in [0.15, 0.2) is 0 Å². The van der Waals surface area contributed by atoms with Crippen LogP contribution in [0.4, 0.5) is 0 Å². The van der Waals surface area contributed by atoms with E-state index in [-0.39, 0.29) is 35.2 Å². The van der Waals surface area contributed by atoms with Crippen LogP contribution in [0.3, 0.4) is 0 Å². The Bertz CT molecular complexity index is 819. The molecule has 0 N–H and O–H groups in total. The standard InChI is InChI=1S/C19H25ClN2O5S/c1-27-19(24)14-8-11-21(12-9-14)18(23)15-3-2-10-22(13-15)28(25,26)17-6-4-16(20)5-7-17/h4-7,14-15H,2-3,8-13H2,1H3/t15-/m1/s1. The summed E-state index contributed by atoms with van der Waals surface area (Å²) in [6.07, 6.45) is 2.47. The minimum atomic E-state index is -3.66. The number of sulfonamides is 1. The first-order valence-corrected chi connectivity index (χ1v) is 11.3. The highest BCUT2D eigenvalue weighted by Gasteiger charge is 2.36. The van der Waals surface area contributed by atoms with Crippen molar-refractivity contribution >= 4 is 33.5 Å². The number of rotatable bonds is 4. The number of likely N-dealkylation sites (tertiary alicyclic amines) is 1. The molecule has 1 atom stereocenters. The molecule has 1 amide bonds. The number of hydrogen-bond acceptors (Lipinski definition) is 5. The number of halogens is 1. The normalized spacial score (nSPS) is 22.1. The van der Waals surface area contributed by atoms with Gasteiger partial charge in [0, 0.05) is 31.2 Å². The van der Waals surface area contributed by atoms with Crippen LogP contribution in [0.1, 0.15) is 25.7 Å². The van der Waals surface area contributed by atoms with Crippen LogP contribution in [-0.4, -0.2) is 62.8 Å². The van der Waals surface area contributed by atoms with Crippen molar-refractivity contribution in [2.24, 2.45) is 11.8 Å². The number of nitrogens with zero attached hydrogens (tertiary/aromatic N) is 2. The van der Waals surface area contributed by atoms with Crippen molar-refractivity contribution in [3.63, 3.8) is 0 Å². The predicted molar refractivity (Wildman–Crippen MR) is 104 cm³/mol. The van der Waals surface area contributed by atoms with Crippen LogP contribution in [0.25, 0.3) is 0 Å². The van der Waals surface area contributed by atoms with E-state index in [1.807, 2.05) is 0 Å². The molecule has 0 aliphatic carbocycles. The quantitative estimate of drug-likeness (QED) is 0.686. The summed E-state index contributed by atoms with van der Waals surface area (Å²) in [5, 5.41) is 0.473. The Labute approximate surface area is 170 Å². The Morgan fingerprint density at radius 1 is 1.04 bits per heavy atom. The molecule has 0 bridgehead atoms. The van der Waals surface area contributed by atoms with Gasteiger partial charge in [-0.3, -0.25) is 9.59 Å². The van der Waals surface area contributed by atoms with E-state index in [0.29, 0.717) is 50.3 Å². The molecule has 2 aliphatic rings. The van der Waals surface area contributed by atoms with Gasteiger partial charge < -0.3 is 9.64 Å². The lowest BCUT2D eigenvalue weighted by atomic mass is 9.93. The maximum Gasteiger partial charge on any atom is 0.308 e. The fraction of sp³-hybridized carbons (Fsp3) is 0.579. The van der Waals surface area contributed by atoms with Crippen LogP contribution in [0.15, 0.2) is 29.2 Å². The summed E-state index contributed by atoms with van der Waals surface area (Å²) in [6, 6.07) is 6.07. The van der Waals surface area contributed by atoms with Gasteiger partial charge in [-0.15, -0.1) is 0 Å². The lowest BCUT2D eigenvalue weighted by molar-refractivity contribution is -0.149. The number of carbonyl (C=O) groups is 2. The molecule has 2 fully saturated rings. The Balaban J connectivity index is 1.64. The van der Waals surface area contributed by atoms with Crippen LogP contribution in [0.2, 0.25) is 5.02 Å². The van der Waals surface area contributed by atoms with Gasteiger partial charge in [0.1, 0.15) is 0 Å². The van der Waals surface area contributed by atoms with Crippen molar-refractivity contribution in [1.82, 2.24) is 9.21 Å². The Morgan fingerprint density at radius 3 is 2.29 bits per heavy atom. The summed E-state index contributed by atoms with van der Waals surface area (Å²) in [7, 11) is -2.28. The highest BCUT2D eigenvalue weighted by molar-refractivity contribution is 7.89. The predicted octanol–water partition coefficient (Wildman–Crippen LogP) is 2.15. The number of esters is 1. The molecule has 0 aromatic heterocycles. The van der Waals surface area contributed by atoms with Gasteiger partial charge in [-0.05, 0) is 49.9 Å². The van der Waals surface area contributed by atoms with Gasteiger partial charge >= 0.3 is 5.97 Å². The average Bonchev–Trinajstić information content (AvgIpc) is 2.73. The lowest BCUT2D eigenvalue weighted by Crippen LogP contribution is -2.49. The molecule has 9 heteroatoms. The number of carbonyl (C=O) groups excluding carboxylic acids is 2. The Kier molecular flexibility index (Phi) is 6.62. The van der Waals surface area contributed by atoms with Gasteiger partial charge in [0.25, 0.3) is 0 Å². The molecular weight excluding hydrogens is 404 g/mol. The molecule has 3 rings (SSSR count). The largest absolute Gasteiger partial charge is 0.469 e. The maximum atomic E-state index is 12.9. The van der Waals surface area contributed by atoms with Gasteiger partial charge in [-0.25, -0.2) is 8.42 Å². The van der Waals surface area contributed by atoms with E-state index in [4.69, 9.17) is 16.3 Å². The SMILES string of the molecule is COC(=O)C1CCN(C(=O)[C@@H]2CCCN(S(=O)(=O)c3ccc(Cl)cc3)C2)CC1. The molecule has 2 saturated heterocycles. The molecule has 0 unspecified atom stereocenters. The first kappa shape index (κ1) is 21.1. The molecule has 0 saturated carbocycles. The first-order chi connectivity index (χ1) is 13.3. The van der Waals surface area contributed by atoms with Crippen molar-refractivity contribution in [2.75, 3.05) is 33.3 Å². The number of ether oxygens (including phenoxy) is 1. The van der Waals surface area contributed by atoms with E-state index in [0.717, 1.165) is 0 Å². The molecule has 7 nitrogen and oxygen atoms in total. The zero-order valence-corrected chi connectivity index (χ0v) is 17.4. The topological polar surface area (TPSA) is 84.0 Å². The monoisotopic (exact) mass is 428 g/mol. The zero-order chi connectivity index (χ0) is 20.3. The van der Waals surface area contributed by atoms with E-state index in [1.54, 1.807) is 17.0 Å². The van der Waals surface area contributed by atoms with E-state index >= 15 is 0 Å². The van der Waals surface area contributed by atoms with Gasteiger partial charge in [-0.1, -0.05) is 11.6 Å². The number of amides is 1. The molecule has 0 radical (unpaired) electrons. The third kappa shape index (κ3) is 4.50. The zero-order valence-electron chi connectivity index (χ0n) is 15.8. The van der Waals surface area contributed by atoms with E-state index in [2.05, 4.69) is 0 Å². The molecular formula is C19H25ClN2O5S. The summed E-state index contributed by atoms with van der Waals surface area (Å²) < 4.78 is 32.0. The summed E-state index contributed by atoms with van der Waals surface area (Å²) in [4.78, 5) is 26.5. The average molecular weight is 429 g/mol. The highest BCUT2D eigenvalue weighted by Crippen LogP contribution is 2.27. The Morgan fingerprint density at radius 2 is 1.68 bits per heavy atom. The number of methoxy groups -OCH3 is 1. The molecule has 28 heavy (non-hydrogen) atoms. The molecule has 0 spiro atoms. The van der Waals surface area contributed by atoms with Crippen molar-refractivity contribution < 1.29 is 22.7 Å². The molecule has 2 heterocycles. The van der Waals surface area contributed by atoms with Crippen molar-refractivity contribution in [3.05, 3.63) is 29.3 Å². The molecule has 1 aromatic rings. The second-order valence-corrected chi connectivity index (χ2v) is 9.65. The third-order valence-corrected chi connectivity index (χ3v) is 7.66. The summed E-state index contributed by atoms with van der Waals surface area (Å²) in [5.74, 6) is -0.781. The van der Waals surface area contributed by atoms with Crippen molar-refractivity contribution in [2.45, 2.75) is 30.6 Å². The van der Waals surface area contributed by atoms with Crippen LogP contribution >= 0.6 is 11.6 Å². The molecule has 1 aromatic carbocycles. The fourth-order valence-electron chi connectivity index (χ4n) is 3.88. The minimum absolute atomic E-state index is 0.0284. The maximum absolute atomic E-state index is 12.9. The van der Waals surface area contributed by atoms with Gasteiger partial charge in [0.05, 0.1) is 23.8 Å². The smallest absolute Gasteiger partial charge is 0.308 e. The van der Waals surface area contributed by atoms with Crippen molar-refractivity contribution in [1.29, 1.82) is 0 Å². The van der Waals surface area contributed by atoms with Crippen molar-refractivity contribution in [3.8, 4) is 0 Å². The summed E-state index contributed by atoms with van der Waals surface area (Å²) in [6.45, 7) is 1.58. The van der Waals surface area contributed by atoms with E-state index < -0.39 is 10.0 Å². The second-order valence-electron chi connectivity index (χ2n) is 7.28. The lowest BCUT2D eigenvalue weighted by Gasteiger charge is -2.37. The minimum Gasteiger partial charge on any atom is -0.469 e. The fourth-order valence-corrected chi connectivity index (χ4v) is 5.53. The van der Waals surface area contributed by atoms with Gasteiger partial charge in [0.2, 0.25) is 15.9 Å². The summed E-state index contributed by atoms with van der Waals surface area (Å²) in [5.41, 5.74) is 0. The molecule has 2 aliphatic heterocycles. The van der Waals surface area contributed by atoms with E-state index in [9.17, 15) is 18.0 Å².